The fraction of sp³-hybridized carbons (Fsp3) is 0.533. The number of hydrogen-bond acceptors (Lipinski definition) is 6. The number of nitrogens with zero attached hydrogens (tertiary/aromatic N) is 1. The van der Waals surface area contributed by atoms with Crippen molar-refractivity contribution in [2.45, 2.75) is 33.0 Å². The average Bonchev–Trinajstić information content (AvgIpc) is 2.42. The number of oxime groups is 1. The molecule has 0 saturated heterocycles. The molecule has 1 aromatic rings. The van der Waals surface area contributed by atoms with Gasteiger partial charge in [-0.2, -0.15) is 8.42 Å². The van der Waals surface area contributed by atoms with Crippen molar-refractivity contribution in [3.05, 3.63) is 35.9 Å². The maximum Gasteiger partial charge on any atom is 0.264 e. The van der Waals surface area contributed by atoms with Crippen LogP contribution in [0.4, 0.5) is 0 Å². The molecule has 0 aliphatic carbocycles. The van der Waals surface area contributed by atoms with E-state index < -0.39 is 16.2 Å². The molecule has 0 radical (unpaired) electrons. The Labute approximate surface area is 132 Å². The van der Waals surface area contributed by atoms with E-state index in [-0.39, 0.29) is 5.92 Å². The Kier molecular flexibility index (Phi) is 7.34. The van der Waals surface area contributed by atoms with Crippen LogP contribution in [-0.2, 0) is 30.5 Å². The third-order valence-corrected chi connectivity index (χ3v) is 3.54. The Hall–Kier alpha value is -1.60. The Morgan fingerprint density at radius 3 is 2.41 bits per heavy atom. The summed E-state index contributed by atoms with van der Waals surface area (Å²) >= 11 is 0. The summed E-state index contributed by atoms with van der Waals surface area (Å²) in [6.45, 7) is 3.94. The zero-order valence-corrected chi connectivity index (χ0v) is 14.2. The summed E-state index contributed by atoms with van der Waals surface area (Å²) in [7, 11) is -2.03. The van der Waals surface area contributed by atoms with Gasteiger partial charge in [-0.1, -0.05) is 42.4 Å². The van der Waals surface area contributed by atoms with Crippen LogP contribution in [0, 0.1) is 5.92 Å². The maximum atomic E-state index is 11.1. The van der Waals surface area contributed by atoms with E-state index in [9.17, 15) is 8.42 Å². The molecule has 2 atom stereocenters. The highest BCUT2D eigenvalue weighted by atomic mass is 32.2. The Bertz CT molecular complexity index is 571. The summed E-state index contributed by atoms with van der Waals surface area (Å²) in [6.07, 6.45) is 1.02. The van der Waals surface area contributed by atoms with E-state index in [1.165, 1.54) is 7.11 Å². The van der Waals surface area contributed by atoms with Crippen LogP contribution in [0.1, 0.15) is 25.8 Å². The fourth-order valence-corrected chi connectivity index (χ4v) is 2.69. The van der Waals surface area contributed by atoms with Gasteiger partial charge in [0, 0.05) is 5.92 Å². The summed E-state index contributed by atoms with van der Waals surface area (Å²) in [5.74, 6) is 0.274. The molecule has 1 rings (SSSR count). The number of hydrogen-bond donors (Lipinski definition) is 0. The van der Waals surface area contributed by atoms with Gasteiger partial charge in [-0.05, 0) is 18.9 Å². The van der Waals surface area contributed by atoms with Crippen LogP contribution in [0.3, 0.4) is 0 Å². The van der Waals surface area contributed by atoms with Crippen LogP contribution in [0.2, 0.25) is 0 Å². The largest absolute Gasteiger partial charge is 0.474 e. The second-order valence-electron chi connectivity index (χ2n) is 5.13. The maximum absolute atomic E-state index is 11.1. The minimum absolute atomic E-state index is 0.139. The molecule has 6 nitrogen and oxygen atoms in total. The molecule has 0 bridgehead atoms. The molecule has 0 spiro atoms. The SMILES string of the molecule is CON=C(OCc1ccccc1)C(C)CC(C)OS(C)(=O)=O. The Balaban J connectivity index is 2.60. The van der Waals surface area contributed by atoms with Gasteiger partial charge in [-0.3, -0.25) is 4.18 Å². The van der Waals surface area contributed by atoms with E-state index in [1.54, 1.807) is 6.92 Å². The van der Waals surface area contributed by atoms with E-state index in [2.05, 4.69) is 5.16 Å². The van der Waals surface area contributed by atoms with Crippen molar-refractivity contribution >= 4 is 16.0 Å². The van der Waals surface area contributed by atoms with Crippen LogP contribution >= 0.6 is 0 Å². The molecule has 0 fully saturated rings. The summed E-state index contributed by atoms with van der Waals surface area (Å²) in [5.41, 5.74) is 1.01. The summed E-state index contributed by atoms with van der Waals surface area (Å²) in [6, 6.07) is 9.68. The molecule has 0 aromatic heterocycles. The van der Waals surface area contributed by atoms with Gasteiger partial charge in [-0.25, -0.2) is 0 Å². The van der Waals surface area contributed by atoms with E-state index in [0.29, 0.717) is 18.9 Å². The van der Waals surface area contributed by atoms with Crippen molar-refractivity contribution in [2.24, 2.45) is 11.1 Å². The van der Waals surface area contributed by atoms with Crippen LogP contribution < -0.4 is 0 Å². The molecule has 7 heteroatoms. The van der Waals surface area contributed by atoms with Gasteiger partial charge >= 0.3 is 0 Å². The first-order valence-electron chi connectivity index (χ1n) is 6.98. The van der Waals surface area contributed by atoms with Gasteiger partial charge in [0.1, 0.15) is 13.7 Å². The Morgan fingerprint density at radius 1 is 1.23 bits per heavy atom. The first kappa shape index (κ1) is 18.4. The third-order valence-electron chi connectivity index (χ3n) is 2.86. The topological polar surface area (TPSA) is 74.2 Å². The summed E-state index contributed by atoms with van der Waals surface area (Å²) in [5, 5.41) is 3.88. The van der Waals surface area contributed by atoms with Gasteiger partial charge in [0.15, 0.2) is 0 Å². The molecule has 0 aliphatic heterocycles. The fourth-order valence-electron chi connectivity index (χ4n) is 2.02. The van der Waals surface area contributed by atoms with E-state index in [0.717, 1.165) is 11.8 Å². The first-order chi connectivity index (χ1) is 10.3. The lowest BCUT2D eigenvalue weighted by atomic mass is 10.0. The van der Waals surface area contributed by atoms with Crippen molar-refractivity contribution < 1.29 is 22.2 Å². The molecule has 0 N–H and O–H groups in total. The van der Waals surface area contributed by atoms with E-state index >= 15 is 0 Å². The standard InChI is InChI=1S/C15H23NO5S/c1-12(10-13(2)21-22(4,17)18)15(16-19-3)20-11-14-8-6-5-7-9-14/h5-9,12-13H,10-11H2,1-4H3. The van der Waals surface area contributed by atoms with E-state index in [4.69, 9.17) is 13.8 Å². The zero-order valence-electron chi connectivity index (χ0n) is 13.4. The minimum atomic E-state index is -3.47. The van der Waals surface area contributed by atoms with Crippen LogP contribution in [0.5, 0.6) is 0 Å². The predicted molar refractivity (Wildman–Crippen MR) is 84.8 cm³/mol. The van der Waals surface area contributed by atoms with Gasteiger partial charge in [0.2, 0.25) is 5.90 Å². The highest BCUT2D eigenvalue weighted by Gasteiger charge is 2.20. The van der Waals surface area contributed by atoms with Gasteiger partial charge in [-0.15, -0.1) is 0 Å². The molecule has 1 aromatic carbocycles. The molecule has 2 unspecified atom stereocenters. The second-order valence-corrected chi connectivity index (χ2v) is 6.73. The Morgan fingerprint density at radius 2 is 1.86 bits per heavy atom. The average molecular weight is 329 g/mol. The lowest BCUT2D eigenvalue weighted by Crippen LogP contribution is -2.23. The minimum Gasteiger partial charge on any atom is -0.474 e. The molecule has 0 amide bonds. The van der Waals surface area contributed by atoms with Gasteiger partial charge < -0.3 is 9.57 Å². The van der Waals surface area contributed by atoms with Crippen molar-refractivity contribution in [1.29, 1.82) is 0 Å². The molecular formula is C15H23NO5S. The second kappa shape index (κ2) is 8.75. The van der Waals surface area contributed by atoms with Crippen molar-refractivity contribution in [1.82, 2.24) is 0 Å². The molecular weight excluding hydrogens is 306 g/mol. The van der Waals surface area contributed by atoms with E-state index in [1.807, 2.05) is 37.3 Å². The molecule has 124 valence electrons. The predicted octanol–water partition coefficient (Wildman–Crippen LogP) is 2.55. The molecule has 22 heavy (non-hydrogen) atoms. The van der Waals surface area contributed by atoms with Crippen LogP contribution in [0.25, 0.3) is 0 Å². The molecule has 0 aliphatic rings. The number of ether oxygens (including phenoxy) is 1. The summed E-state index contributed by atoms with van der Waals surface area (Å²) < 4.78 is 32.8. The molecule has 0 heterocycles. The zero-order chi connectivity index (χ0) is 16.6. The first-order valence-corrected chi connectivity index (χ1v) is 8.79. The van der Waals surface area contributed by atoms with Crippen LogP contribution in [-0.4, -0.2) is 33.8 Å². The lowest BCUT2D eigenvalue weighted by Gasteiger charge is -2.18. The summed E-state index contributed by atoms with van der Waals surface area (Å²) in [4.78, 5) is 4.80. The highest BCUT2D eigenvalue weighted by molar-refractivity contribution is 7.86. The normalized spacial score (nSPS) is 15.2. The highest BCUT2D eigenvalue weighted by Crippen LogP contribution is 2.15. The number of rotatable bonds is 8. The monoisotopic (exact) mass is 329 g/mol. The van der Waals surface area contributed by atoms with Gasteiger partial charge in [0.25, 0.3) is 10.1 Å². The van der Waals surface area contributed by atoms with Crippen molar-refractivity contribution in [3.8, 4) is 0 Å². The smallest absolute Gasteiger partial charge is 0.264 e. The van der Waals surface area contributed by atoms with Crippen molar-refractivity contribution in [2.75, 3.05) is 13.4 Å². The lowest BCUT2D eigenvalue weighted by molar-refractivity contribution is 0.165. The number of benzene rings is 1. The quantitative estimate of drug-likeness (QED) is 0.317. The molecule has 0 saturated carbocycles. The van der Waals surface area contributed by atoms with Crippen LogP contribution in [0.15, 0.2) is 35.5 Å². The third kappa shape index (κ3) is 7.42. The van der Waals surface area contributed by atoms with Crippen molar-refractivity contribution in [3.63, 3.8) is 0 Å². The van der Waals surface area contributed by atoms with Gasteiger partial charge in [0.05, 0.1) is 12.4 Å².